The van der Waals surface area contributed by atoms with Gasteiger partial charge >= 0.3 is 0 Å². The van der Waals surface area contributed by atoms with Crippen LogP contribution in [0.3, 0.4) is 0 Å². The van der Waals surface area contributed by atoms with Gasteiger partial charge in [-0.15, -0.1) is 5.10 Å². The molecule has 2 rings (SSSR count). The maximum Gasteiger partial charge on any atom is 0.249 e. The van der Waals surface area contributed by atoms with Crippen LogP contribution in [0.4, 0.5) is 0 Å². The highest BCUT2D eigenvalue weighted by molar-refractivity contribution is 5.84. The van der Waals surface area contributed by atoms with Gasteiger partial charge in [-0.25, -0.2) is 0 Å². The minimum absolute atomic E-state index is 0.00759. The number of nitrogens with zero attached hydrogens (tertiary/aromatic N) is 2. The summed E-state index contributed by atoms with van der Waals surface area (Å²) in [7, 11) is 0. The molecule has 0 saturated heterocycles. The molecule has 0 spiro atoms. The van der Waals surface area contributed by atoms with E-state index < -0.39 is 5.72 Å². The van der Waals surface area contributed by atoms with Crippen molar-refractivity contribution in [3.8, 4) is 0 Å². The van der Waals surface area contributed by atoms with Crippen LogP contribution in [0.2, 0.25) is 0 Å². The predicted octanol–water partition coefficient (Wildman–Crippen LogP) is 3.88. The molecule has 1 aliphatic heterocycles. The summed E-state index contributed by atoms with van der Waals surface area (Å²) in [4.78, 5) is 12.6. The monoisotopic (exact) mass is 288 g/mol. The van der Waals surface area contributed by atoms with Gasteiger partial charge in [-0.2, -0.15) is 5.01 Å². The zero-order valence-electron chi connectivity index (χ0n) is 13.3. The third-order valence-electron chi connectivity index (χ3n) is 3.70. The molecule has 0 fully saturated rings. The number of benzene rings is 1. The molecule has 1 heterocycles. The first-order chi connectivity index (χ1) is 10.0. The Morgan fingerprint density at radius 3 is 2.57 bits per heavy atom. The van der Waals surface area contributed by atoms with Crippen molar-refractivity contribution in [2.24, 2.45) is 11.0 Å². The van der Waals surface area contributed by atoms with Crippen molar-refractivity contribution >= 4 is 11.8 Å². The van der Waals surface area contributed by atoms with E-state index in [9.17, 15) is 4.79 Å². The molecule has 1 aliphatic rings. The molecular weight excluding hydrogens is 264 g/mol. The molecule has 114 valence electrons. The first kappa shape index (κ1) is 15.5. The Bertz CT molecular complexity index is 525. The van der Waals surface area contributed by atoms with E-state index >= 15 is 0 Å². The SMILES string of the molecule is CCCCC1(c2ccccc2)OC(C)=NN1C(=O)C(C)C. The van der Waals surface area contributed by atoms with Crippen molar-refractivity contribution in [3.05, 3.63) is 35.9 Å². The van der Waals surface area contributed by atoms with Crippen molar-refractivity contribution in [2.45, 2.75) is 52.7 Å². The molecule has 1 atom stereocenters. The average Bonchev–Trinajstić information content (AvgIpc) is 2.83. The van der Waals surface area contributed by atoms with Crippen molar-refractivity contribution in [2.75, 3.05) is 0 Å². The topological polar surface area (TPSA) is 41.9 Å². The number of hydrogen-bond donors (Lipinski definition) is 0. The van der Waals surface area contributed by atoms with Crippen LogP contribution in [0.1, 0.15) is 52.5 Å². The molecule has 0 saturated carbocycles. The van der Waals surface area contributed by atoms with E-state index in [4.69, 9.17) is 4.74 Å². The van der Waals surface area contributed by atoms with Gasteiger partial charge < -0.3 is 4.74 Å². The van der Waals surface area contributed by atoms with Gasteiger partial charge in [0.25, 0.3) is 0 Å². The molecule has 1 aromatic rings. The second kappa shape index (κ2) is 6.29. The van der Waals surface area contributed by atoms with Crippen molar-refractivity contribution in [1.82, 2.24) is 5.01 Å². The van der Waals surface area contributed by atoms with E-state index in [1.807, 2.05) is 44.2 Å². The Labute approximate surface area is 126 Å². The van der Waals surface area contributed by atoms with E-state index in [0.29, 0.717) is 5.90 Å². The zero-order valence-corrected chi connectivity index (χ0v) is 13.3. The summed E-state index contributed by atoms with van der Waals surface area (Å²) in [6.45, 7) is 7.72. The summed E-state index contributed by atoms with van der Waals surface area (Å²) >= 11 is 0. The number of amides is 1. The van der Waals surface area contributed by atoms with Gasteiger partial charge in [0, 0.05) is 24.8 Å². The molecule has 0 N–H and O–H groups in total. The van der Waals surface area contributed by atoms with Gasteiger partial charge in [0.1, 0.15) is 0 Å². The van der Waals surface area contributed by atoms with Crippen molar-refractivity contribution in [3.63, 3.8) is 0 Å². The summed E-state index contributed by atoms with van der Waals surface area (Å²) in [5, 5.41) is 5.92. The molecule has 0 aliphatic carbocycles. The second-order valence-electron chi connectivity index (χ2n) is 5.78. The smallest absolute Gasteiger partial charge is 0.249 e. The molecule has 0 aromatic heterocycles. The highest BCUT2D eigenvalue weighted by Crippen LogP contribution is 2.40. The summed E-state index contributed by atoms with van der Waals surface area (Å²) < 4.78 is 6.08. The minimum atomic E-state index is -0.789. The maximum absolute atomic E-state index is 12.6. The highest BCUT2D eigenvalue weighted by Gasteiger charge is 2.48. The Kier molecular flexibility index (Phi) is 4.66. The van der Waals surface area contributed by atoms with Crippen LogP contribution in [-0.4, -0.2) is 16.8 Å². The third-order valence-corrected chi connectivity index (χ3v) is 3.70. The number of carbonyl (C=O) groups excluding carboxylic acids is 1. The second-order valence-corrected chi connectivity index (χ2v) is 5.78. The summed E-state index contributed by atoms with van der Waals surface area (Å²) in [6, 6.07) is 9.92. The fourth-order valence-corrected chi connectivity index (χ4v) is 2.60. The van der Waals surface area contributed by atoms with Crippen LogP contribution in [0.25, 0.3) is 0 Å². The van der Waals surface area contributed by atoms with Crippen molar-refractivity contribution in [1.29, 1.82) is 0 Å². The molecule has 4 nitrogen and oxygen atoms in total. The Morgan fingerprint density at radius 1 is 1.33 bits per heavy atom. The molecule has 1 aromatic carbocycles. The van der Waals surface area contributed by atoms with Crippen molar-refractivity contribution < 1.29 is 9.53 Å². The van der Waals surface area contributed by atoms with Crippen LogP contribution in [0.5, 0.6) is 0 Å². The first-order valence-corrected chi connectivity index (χ1v) is 7.65. The van der Waals surface area contributed by atoms with Gasteiger partial charge in [-0.05, 0) is 6.42 Å². The van der Waals surface area contributed by atoms with E-state index in [1.54, 1.807) is 11.9 Å². The van der Waals surface area contributed by atoms with Crippen LogP contribution in [-0.2, 0) is 15.3 Å². The number of carbonyl (C=O) groups is 1. The van der Waals surface area contributed by atoms with Gasteiger partial charge in [-0.3, -0.25) is 4.79 Å². The fraction of sp³-hybridized carbons (Fsp3) is 0.529. The van der Waals surface area contributed by atoms with Crippen LogP contribution in [0, 0.1) is 5.92 Å². The minimum Gasteiger partial charge on any atom is -0.447 e. The normalized spacial score (nSPS) is 21.4. The largest absolute Gasteiger partial charge is 0.447 e. The number of unbranched alkanes of at least 4 members (excludes halogenated alkanes) is 1. The lowest BCUT2D eigenvalue weighted by molar-refractivity contribution is -0.156. The standard InChI is InChI=1S/C17H24N2O2/c1-5-6-12-17(15-10-8-7-9-11-15)19(16(20)13(2)3)18-14(4)21-17/h7-11,13H,5-6,12H2,1-4H3. The number of hydrogen-bond acceptors (Lipinski definition) is 3. The van der Waals surface area contributed by atoms with Crippen LogP contribution < -0.4 is 0 Å². The quantitative estimate of drug-likeness (QED) is 0.825. The molecule has 0 radical (unpaired) electrons. The van der Waals surface area contributed by atoms with E-state index in [0.717, 1.165) is 24.8 Å². The first-order valence-electron chi connectivity index (χ1n) is 7.65. The van der Waals surface area contributed by atoms with Gasteiger partial charge in [0.15, 0.2) is 0 Å². The number of hydrazone groups is 1. The van der Waals surface area contributed by atoms with E-state index in [-0.39, 0.29) is 11.8 Å². The molecule has 0 bridgehead atoms. The summed E-state index contributed by atoms with van der Waals surface area (Å²) in [6.07, 6.45) is 2.76. The van der Waals surface area contributed by atoms with Gasteiger partial charge in [0.05, 0.1) is 0 Å². The zero-order chi connectivity index (χ0) is 15.5. The van der Waals surface area contributed by atoms with Crippen LogP contribution in [0.15, 0.2) is 35.4 Å². The lowest BCUT2D eigenvalue weighted by atomic mass is 9.95. The lowest BCUT2D eigenvalue weighted by Crippen LogP contribution is -2.46. The Hall–Kier alpha value is -1.84. The molecular formula is C17H24N2O2. The highest BCUT2D eigenvalue weighted by atomic mass is 16.6. The maximum atomic E-state index is 12.6. The van der Waals surface area contributed by atoms with Gasteiger partial charge in [0.2, 0.25) is 17.5 Å². The third kappa shape index (κ3) is 2.94. The van der Waals surface area contributed by atoms with Gasteiger partial charge in [-0.1, -0.05) is 57.5 Å². The molecule has 21 heavy (non-hydrogen) atoms. The number of ether oxygens (including phenoxy) is 1. The molecule has 4 heteroatoms. The Balaban J connectivity index is 2.46. The van der Waals surface area contributed by atoms with E-state index in [1.165, 1.54) is 0 Å². The molecule has 1 amide bonds. The number of rotatable bonds is 5. The van der Waals surface area contributed by atoms with E-state index in [2.05, 4.69) is 12.0 Å². The molecule has 1 unspecified atom stereocenters. The fourth-order valence-electron chi connectivity index (χ4n) is 2.60. The average molecular weight is 288 g/mol. The lowest BCUT2D eigenvalue weighted by Gasteiger charge is -2.36. The summed E-state index contributed by atoms with van der Waals surface area (Å²) in [5.41, 5.74) is 0.191. The Morgan fingerprint density at radius 2 is 2.00 bits per heavy atom. The van der Waals surface area contributed by atoms with Crippen LogP contribution >= 0.6 is 0 Å². The predicted molar refractivity (Wildman–Crippen MR) is 83.5 cm³/mol. The summed E-state index contributed by atoms with van der Waals surface area (Å²) in [5.74, 6) is 0.420.